The van der Waals surface area contributed by atoms with Gasteiger partial charge in [0.05, 0.1) is 13.6 Å². The van der Waals surface area contributed by atoms with Gasteiger partial charge in [-0.15, -0.1) is 6.58 Å². The smallest absolute Gasteiger partial charge is 0.338 e. The third kappa shape index (κ3) is 5.71. The Morgan fingerprint density at radius 2 is 1.85 bits per heavy atom. The fraction of sp³-hybridized carbons (Fsp3) is 0.593. The molecule has 7 heteroatoms. The molecule has 0 bridgehead atoms. The van der Waals surface area contributed by atoms with Crippen molar-refractivity contribution in [2.45, 2.75) is 101 Å². The summed E-state index contributed by atoms with van der Waals surface area (Å²) < 4.78 is 25.6. The third-order valence-corrected chi connectivity index (χ3v) is 7.96. The minimum Gasteiger partial charge on any atom is -0.453 e. The number of aliphatic hydroxyl groups excluding tert-OH is 1. The molecular weight excluding hydrogens is 448 g/mol. The standard InChI is InChI=1S/C27H38O6Si/c1-5-12-21-23(31-26(29)19-13-8-6-9-14-19)25-24(32-27(33-25)16-10-7-11-17-27)22(30-21)20(28)15-18-34(2,3)4/h5-6,8-9,13-15,18,20-25,28H,1,7,10-12,16-17H2,2-4H3/b18-15+/t20?,21?,22-,23?,24?,25?/m0/s1. The van der Waals surface area contributed by atoms with E-state index < -0.39 is 56.5 Å². The molecule has 1 spiro atoms. The van der Waals surface area contributed by atoms with Crippen molar-refractivity contribution in [2.75, 3.05) is 0 Å². The summed E-state index contributed by atoms with van der Waals surface area (Å²) in [4.78, 5) is 13.0. The lowest BCUT2D eigenvalue weighted by molar-refractivity contribution is -0.207. The first kappa shape index (κ1) is 25.3. The monoisotopic (exact) mass is 486 g/mol. The van der Waals surface area contributed by atoms with E-state index in [1.807, 2.05) is 12.1 Å². The number of carbonyl (C=O) groups excluding carboxylic acids is 1. The first-order valence-electron chi connectivity index (χ1n) is 12.5. The Labute approximate surface area is 203 Å². The zero-order valence-corrected chi connectivity index (χ0v) is 21.5. The average Bonchev–Trinajstić information content (AvgIpc) is 3.17. The van der Waals surface area contributed by atoms with Gasteiger partial charge < -0.3 is 24.1 Å². The molecule has 4 rings (SSSR count). The van der Waals surface area contributed by atoms with Crippen LogP contribution >= 0.6 is 0 Å². The van der Waals surface area contributed by atoms with Crippen LogP contribution in [0.3, 0.4) is 0 Å². The summed E-state index contributed by atoms with van der Waals surface area (Å²) >= 11 is 0. The van der Waals surface area contributed by atoms with Gasteiger partial charge in [-0.1, -0.05) is 62.1 Å². The zero-order valence-electron chi connectivity index (χ0n) is 20.5. The molecule has 0 amide bonds. The van der Waals surface area contributed by atoms with E-state index in [0.717, 1.165) is 32.1 Å². The van der Waals surface area contributed by atoms with Crippen molar-refractivity contribution in [3.63, 3.8) is 0 Å². The molecule has 1 aromatic carbocycles. The summed E-state index contributed by atoms with van der Waals surface area (Å²) in [7, 11) is -1.51. The summed E-state index contributed by atoms with van der Waals surface area (Å²) in [5.41, 5.74) is 2.59. The van der Waals surface area contributed by atoms with Gasteiger partial charge in [-0.25, -0.2) is 4.79 Å². The van der Waals surface area contributed by atoms with Gasteiger partial charge in [0.25, 0.3) is 0 Å². The van der Waals surface area contributed by atoms with Crippen LogP contribution in [0.2, 0.25) is 19.6 Å². The lowest BCUT2D eigenvalue weighted by Crippen LogP contribution is -2.60. The molecular formula is C27H38O6Si. The quantitative estimate of drug-likeness (QED) is 0.339. The highest BCUT2D eigenvalue weighted by Crippen LogP contribution is 2.46. The van der Waals surface area contributed by atoms with Crippen molar-refractivity contribution in [3.8, 4) is 0 Å². The van der Waals surface area contributed by atoms with E-state index >= 15 is 0 Å². The molecule has 2 heterocycles. The summed E-state index contributed by atoms with van der Waals surface area (Å²) in [5, 5.41) is 11.1. The number of carbonyl (C=O) groups is 1. The molecule has 186 valence electrons. The molecule has 34 heavy (non-hydrogen) atoms. The van der Waals surface area contributed by atoms with Crippen molar-refractivity contribution >= 4 is 14.0 Å². The van der Waals surface area contributed by atoms with Crippen molar-refractivity contribution < 1.29 is 28.8 Å². The first-order valence-corrected chi connectivity index (χ1v) is 16.0. The van der Waals surface area contributed by atoms with Crippen molar-refractivity contribution in [1.82, 2.24) is 0 Å². The van der Waals surface area contributed by atoms with Gasteiger partial charge in [0.1, 0.15) is 30.5 Å². The normalized spacial score (nSPS) is 31.8. The number of benzene rings is 1. The predicted octanol–water partition coefficient (Wildman–Crippen LogP) is 4.79. The van der Waals surface area contributed by atoms with Crippen LogP contribution < -0.4 is 0 Å². The summed E-state index contributed by atoms with van der Waals surface area (Å²) in [6.45, 7) is 10.5. The van der Waals surface area contributed by atoms with Gasteiger partial charge in [-0.05, 0) is 31.4 Å². The SMILES string of the molecule is C=CCC1O[C@@H](C(O)/C=C/[Si](C)(C)C)C2OC3(CCCCC3)OC2C1OC(=O)c1ccccc1. The summed E-state index contributed by atoms with van der Waals surface area (Å²) in [6, 6.07) is 8.93. The lowest BCUT2D eigenvalue weighted by atomic mass is 9.90. The Kier molecular flexibility index (Phi) is 7.79. The minimum absolute atomic E-state index is 0.423. The van der Waals surface area contributed by atoms with Gasteiger partial charge in [0, 0.05) is 12.8 Å². The number of hydrogen-bond acceptors (Lipinski definition) is 6. The second kappa shape index (κ2) is 10.5. The van der Waals surface area contributed by atoms with Crippen LogP contribution in [0.15, 0.2) is 54.8 Å². The van der Waals surface area contributed by atoms with E-state index in [-0.39, 0.29) is 0 Å². The highest BCUT2D eigenvalue weighted by molar-refractivity contribution is 6.80. The van der Waals surface area contributed by atoms with Crippen LogP contribution in [0.25, 0.3) is 0 Å². The number of hydrogen-bond donors (Lipinski definition) is 1. The Morgan fingerprint density at radius 1 is 1.18 bits per heavy atom. The number of aliphatic hydroxyl groups is 1. The van der Waals surface area contributed by atoms with E-state index in [9.17, 15) is 9.90 Å². The maximum Gasteiger partial charge on any atom is 0.338 e. The average molecular weight is 487 g/mol. The van der Waals surface area contributed by atoms with Crippen LogP contribution in [0.4, 0.5) is 0 Å². The second-order valence-electron chi connectivity index (χ2n) is 10.8. The van der Waals surface area contributed by atoms with Gasteiger partial charge in [-0.3, -0.25) is 0 Å². The Balaban J connectivity index is 1.63. The molecule has 3 fully saturated rings. The molecule has 1 saturated carbocycles. The topological polar surface area (TPSA) is 74.2 Å². The molecule has 1 N–H and O–H groups in total. The van der Waals surface area contributed by atoms with Gasteiger partial charge in [0.15, 0.2) is 11.9 Å². The fourth-order valence-electron chi connectivity index (χ4n) is 5.09. The van der Waals surface area contributed by atoms with Crippen molar-refractivity contribution in [2.24, 2.45) is 0 Å². The Hall–Kier alpha value is -1.77. The highest BCUT2D eigenvalue weighted by atomic mass is 28.3. The first-order chi connectivity index (χ1) is 16.2. The number of esters is 1. The van der Waals surface area contributed by atoms with E-state index in [0.29, 0.717) is 12.0 Å². The molecule has 1 aliphatic carbocycles. The Bertz CT molecular complexity index is 873. The molecule has 2 saturated heterocycles. The van der Waals surface area contributed by atoms with Crippen LogP contribution in [0.1, 0.15) is 48.9 Å². The third-order valence-electron chi connectivity index (χ3n) is 6.77. The van der Waals surface area contributed by atoms with E-state index in [1.165, 1.54) is 0 Å². The molecule has 0 aromatic heterocycles. The molecule has 0 radical (unpaired) electrons. The van der Waals surface area contributed by atoms with Crippen molar-refractivity contribution in [1.29, 1.82) is 0 Å². The van der Waals surface area contributed by atoms with E-state index in [1.54, 1.807) is 30.3 Å². The van der Waals surface area contributed by atoms with Gasteiger partial charge >= 0.3 is 5.97 Å². The zero-order chi connectivity index (χ0) is 24.3. The van der Waals surface area contributed by atoms with Crippen LogP contribution in [-0.2, 0) is 18.9 Å². The summed E-state index contributed by atoms with van der Waals surface area (Å²) in [5.74, 6) is -1.13. The molecule has 3 aliphatic rings. The maximum atomic E-state index is 13.0. The summed E-state index contributed by atoms with van der Waals surface area (Å²) in [6.07, 6.45) is 5.15. The van der Waals surface area contributed by atoms with E-state index in [2.05, 4.69) is 31.9 Å². The second-order valence-corrected chi connectivity index (χ2v) is 15.8. The largest absolute Gasteiger partial charge is 0.453 e. The number of fused-ring (bicyclic) bond motifs is 1. The Morgan fingerprint density at radius 3 is 2.50 bits per heavy atom. The molecule has 1 aromatic rings. The van der Waals surface area contributed by atoms with Crippen LogP contribution in [0.5, 0.6) is 0 Å². The number of ether oxygens (including phenoxy) is 4. The van der Waals surface area contributed by atoms with Crippen LogP contribution in [-0.4, -0.2) is 61.6 Å². The van der Waals surface area contributed by atoms with E-state index in [4.69, 9.17) is 18.9 Å². The molecule has 6 atom stereocenters. The van der Waals surface area contributed by atoms with Crippen molar-refractivity contribution in [3.05, 3.63) is 60.3 Å². The predicted molar refractivity (Wildman–Crippen MR) is 133 cm³/mol. The van der Waals surface area contributed by atoms with Gasteiger partial charge in [0.2, 0.25) is 0 Å². The minimum atomic E-state index is -1.51. The lowest BCUT2D eigenvalue weighted by Gasteiger charge is -2.42. The molecule has 2 aliphatic heterocycles. The number of rotatable bonds is 7. The highest BCUT2D eigenvalue weighted by Gasteiger charge is 2.60. The van der Waals surface area contributed by atoms with Gasteiger partial charge in [-0.2, -0.15) is 0 Å². The molecule has 6 nitrogen and oxygen atoms in total. The van der Waals surface area contributed by atoms with Crippen LogP contribution in [0, 0.1) is 0 Å². The fourth-order valence-corrected chi connectivity index (χ4v) is 5.87. The maximum absolute atomic E-state index is 13.0. The molecule has 5 unspecified atom stereocenters.